The van der Waals surface area contributed by atoms with Gasteiger partial charge in [0.05, 0.1) is 30.7 Å². The number of nitrogens with zero attached hydrogens (tertiary/aromatic N) is 4. The summed E-state index contributed by atoms with van der Waals surface area (Å²) in [6, 6.07) is 25.7. The number of aryl methyl sites for hydroxylation is 2. The van der Waals surface area contributed by atoms with Crippen LogP contribution in [0.15, 0.2) is 113 Å². The lowest BCUT2D eigenvalue weighted by Gasteiger charge is -2.19. The van der Waals surface area contributed by atoms with E-state index < -0.39 is 38.3 Å². The predicted octanol–water partition coefficient (Wildman–Crippen LogP) is 6.55. The molecule has 3 aromatic heterocycles. The molecule has 240 valence electrons. The fraction of sp³-hybridized carbons (Fsp3) is 0.194. The minimum atomic E-state index is -4.04. The van der Waals surface area contributed by atoms with Gasteiger partial charge in [0.1, 0.15) is 5.82 Å². The maximum Gasteiger partial charge on any atom is 0.286 e. The van der Waals surface area contributed by atoms with Crippen molar-refractivity contribution in [1.82, 2.24) is 19.1 Å². The third-order valence-electron chi connectivity index (χ3n) is 7.97. The number of ether oxygens (including phenoxy) is 1. The Morgan fingerprint density at radius 1 is 0.894 bits per heavy atom. The molecule has 3 heterocycles. The van der Waals surface area contributed by atoms with Crippen LogP contribution in [0.25, 0.3) is 22.2 Å². The largest absolute Gasteiger partial charge is 0.369 e. The predicted molar refractivity (Wildman–Crippen MR) is 175 cm³/mol. The van der Waals surface area contributed by atoms with E-state index in [1.54, 1.807) is 31.2 Å². The zero-order valence-electron chi connectivity index (χ0n) is 25.8. The molecule has 0 radical (unpaired) electrons. The van der Waals surface area contributed by atoms with E-state index in [4.69, 9.17) is 4.74 Å². The summed E-state index contributed by atoms with van der Waals surface area (Å²) in [5, 5.41) is 0.626. The van der Waals surface area contributed by atoms with Crippen LogP contribution in [0, 0.1) is 18.6 Å². The summed E-state index contributed by atoms with van der Waals surface area (Å²) in [5.41, 5.74) is 2.83. The van der Waals surface area contributed by atoms with E-state index in [-0.39, 0.29) is 36.6 Å². The SMILES string of the molecule is Cc1cc(-c2cc(F)c(=O)n(Cc3ccc4ccn(C)c4c3)c2)nc(S(=O)(=O)CCC(OCc2ccccc2F)c2ccccc2)n1. The molecule has 0 aliphatic carbocycles. The second kappa shape index (κ2) is 13.4. The van der Waals surface area contributed by atoms with Crippen LogP contribution in [0.1, 0.15) is 34.9 Å². The number of pyridine rings is 1. The fourth-order valence-electron chi connectivity index (χ4n) is 5.46. The first-order valence-corrected chi connectivity index (χ1v) is 16.7. The third kappa shape index (κ3) is 7.21. The van der Waals surface area contributed by atoms with Gasteiger partial charge in [0, 0.05) is 41.8 Å². The first kappa shape index (κ1) is 32.0. The molecule has 47 heavy (non-hydrogen) atoms. The number of halogens is 2. The average molecular weight is 655 g/mol. The zero-order valence-corrected chi connectivity index (χ0v) is 26.6. The standard InChI is InChI=1S/C36H32F2N4O4S/c1-24-18-32(29-20-31(38)35(43)42(22-29)21-25-12-13-26-14-16-41(2)33(26)19-25)40-36(39-24)47(44,45)17-15-34(27-8-4-3-5-9-27)46-23-28-10-6-7-11-30(28)37/h3-14,16,18-20,22,34H,15,17,21,23H2,1-2H3. The molecule has 0 aliphatic rings. The minimum Gasteiger partial charge on any atom is -0.369 e. The lowest BCUT2D eigenvalue weighted by molar-refractivity contribution is 0.0361. The molecule has 0 spiro atoms. The summed E-state index contributed by atoms with van der Waals surface area (Å²) >= 11 is 0. The van der Waals surface area contributed by atoms with Crippen molar-refractivity contribution in [3.05, 3.63) is 148 Å². The van der Waals surface area contributed by atoms with Crippen molar-refractivity contribution in [1.29, 1.82) is 0 Å². The van der Waals surface area contributed by atoms with Gasteiger partial charge in [-0.15, -0.1) is 0 Å². The van der Waals surface area contributed by atoms with Gasteiger partial charge in [0.2, 0.25) is 15.0 Å². The number of rotatable bonds is 11. The molecule has 1 unspecified atom stereocenters. The monoisotopic (exact) mass is 654 g/mol. The lowest BCUT2D eigenvalue weighted by Crippen LogP contribution is -2.23. The second-order valence-electron chi connectivity index (χ2n) is 11.4. The van der Waals surface area contributed by atoms with Gasteiger partial charge in [-0.05, 0) is 60.2 Å². The van der Waals surface area contributed by atoms with Crippen molar-refractivity contribution in [3.8, 4) is 11.3 Å². The molecule has 0 saturated carbocycles. The number of fused-ring (bicyclic) bond motifs is 1. The summed E-state index contributed by atoms with van der Waals surface area (Å²) in [7, 11) is -2.13. The molecule has 0 N–H and O–H groups in total. The highest BCUT2D eigenvalue weighted by molar-refractivity contribution is 7.91. The highest BCUT2D eigenvalue weighted by atomic mass is 32.2. The Kier molecular flexibility index (Phi) is 9.10. The normalized spacial score (nSPS) is 12.4. The molecule has 0 saturated heterocycles. The van der Waals surface area contributed by atoms with Gasteiger partial charge in [-0.1, -0.05) is 60.7 Å². The molecule has 3 aromatic carbocycles. The average Bonchev–Trinajstić information content (AvgIpc) is 3.43. The van der Waals surface area contributed by atoms with Crippen LogP contribution in [0.5, 0.6) is 0 Å². The molecular weight excluding hydrogens is 622 g/mol. The maximum atomic E-state index is 15.0. The fourth-order valence-corrected chi connectivity index (χ4v) is 6.69. The van der Waals surface area contributed by atoms with Gasteiger partial charge in [0.15, 0.2) is 5.82 Å². The molecule has 11 heteroatoms. The van der Waals surface area contributed by atoms with Crippen molar-refractivity contribution in [2.45, 2.75) is 37.8 Å². The number of hydrogen-bond donors (Lipinski definition) is 0. The highest BCUT2D eigenvalue weighted by Crippen LogP contribution is 2.26. The summed E-state index contributed by atoms with van der Waals surface area (Å²) in [5.74, 6) is -1.75. The highest BCUT2D eigenvalue weighted by Gasteiger charge is 2.24. The molecule has 6 aromatic rings. The number of aromatic nitrogens is 4. The van der Waals surface area contributed by atoms with Crippen LogP contribution in [0.4, 0.5) is 8.78 Å². The van der Waals surface area contributed by atoms with Gasteiger partial charge in [-0.25, -0.2) is 27.2 Å². The maximum absolute atomic E-state index is 15.0. The first-order chi connectivity index (χ1) is 22.6. The summed E-state index contributed by atoms with van der Waals surface area (Å²) in [4.78, 5) is 21.3. The Labute approximate surface area is 270 Å². The van der Waals surface area contributed by atoms with E-state index in [1.165, 1.54) is 16.8 Å². The number of benzene rings is 3. The van der Waals surface area contributed by atoms with Gasteiger partial charge in [-0.2, -0.15) is 0 Å². The van der Waals surface area contributed by atoms with Crippen LogP contribution in [-0.2, 0) is 34.8 Å². The van der Waals surface area contributed by atoms with Crippen LogP contribution < -0.4 is 5.56 Å². The summed E-state index contributed by atoms with van der Waals surface area (Å²) in [6.07, 6.45) is 2.81. The van der Waals surface area contributed by atoms with Crippen molar-refractivity contribution in [3.63, 3.8) is 0 Å². The third-order valence-corrected chi connectivity index (χ3v) is 9.49. The van der Waals surface area contributed by atoms with Crippen LogP contribution >= 0.6 is 0 Å². The van der Waals surface area contributed by atoms with Crippen molar-refractivity contribution in [2.75, 3.05) is 5.75 Å². The van der Waals surface area contributed by atoms with Crippen molar-refractivity contribution in [2.24, 2.45) is 7.05 Å². The molecule has 0 bridgehead atoms. The Balaban J connectivity index is 1.26. The molecule has 8 nitrogen and oxygen atoms in total. The van der Waals surface area contributed by atoms with Gasteiger partial charge >= 0.3 is 0 Å². The van der Waals surface area contributed by atoms with Crippen LogP contribution in [-0.4, -0.2) is 33.3 Å². The van der Waals surface area contributed by atoms with E-state index in [0.29, 0.717) is 11.3 Å². The zero-order chi connectivity index (χ0) is 33.1. The van der Waals surface area contributed by atoms with Crippen molar-refractivity contribution >= 4 is 20.7 Å². The first-order valence-electron chi connectivity index (χ1n) is 15.0. The second-order valence-corrected chi connectivity index (χ2v) is 13.4. The molecule has 0 amide bonds. The minimum absolute atomic E-state index is 0.0440. The Morgan fingerprint density at radius 3 is 2.45 bits per heavy atom. The van der Waals surface area contributed by atoms with Gasteiger partial charge in [0.25, 0.3) is 5.56 Å². The Hall–Kier alpha value is -5.00. The van der Waals surface area contributed by atoms with E-state index in [1.807, 2.05) is 72.4 Å². The molecule has 6 rings (SSSR count). The smallest absolute Gasteiger partial charge is 0.286 e. The number of hydrogen-bond acceptors (Lipinski definition) is 6. The van der Waals surface area contributed by atoms with Crippen LogP contribution in [0.3, 0.4) is 0 Å². The Bertz CT molecular complexity index is 2230. The molecular formula is C36H32F2N4O4S. The number of sulfone groups is 1. The Morgan fingerprint density at radius 2 is 1.66 bits per heavy atom. The summed E-state index contributed by atoms with van der Waals surface area (Å²) in [6.45, 7) is 1.68. The lowest BCUT2D eigenvalue weighted by atomic mass is 10.1. The van der Waals surface area contributed by atoms with Gasteiger partial charge < -0.3 is 13.9 Å². The van der Waals surface area contributed by atoms with E-state index in [2.05, 4.69) is 9.97 Å². The quantitative estimate of drug-likeness (QED) is 0.147. The van der Waals surface area contributed by atoms with Gasteiger partial charge in [-0.3, -0.25) is 4.79 Å². The van der Waals surface area contributed by atoms with Crippen LogP contribution in [0.2, 0.25) is 0 Å². The summed E-state index contributed by atoms with van der Waals surface area (Å²) < 4.78 is 65.7. The van der Waals surface area contributed by atoms with E-state index in [9.17, 15) is 22.0 Å². The molecule has 1 atom stereocenters. The van der Waals surface area contributed by atoms with E-state index >= 15 is 0 Å². The molecule has 0 fully saturated rings. The topological polar surface area (TPSA) is 96.1 Å². The van der Waals surface area contributed by atoms with Crippen molar-refractivity contribution < 1.29 is 21.9 Å². The molecule has 0 aliphatic heterocycles. The van der Waals surface area contributed by atoms with E-state index in [0.717, 1.165) is 28.1 Å².